The van der Waals surface area contributed by atoms with Gasteiger partial charge in [-0.25, -0.2) is 17.5 Å². The average Bonchev–Trinajstić information content (AvgIpc) is 2.49. The van der Waals surface area contributed by atoms with Crippen LogP contribution in [-0.2, 0) is 10.0 Å². The summed E-state index contributed by atoms with van der Waals surface area (Å²) in [7, 11) is -0.0453. The van der Waals surface area contributed by atoms with Crippen molar-refractivity contribution in [2.45, 2.75) is 24.7 Å². The highest BCUT2D eigenvalue weighted by atomic mass is 32.2. The minimum atomic E-state index is -3.68. The summed E-state index contributed by atoms with van der Waals surface area (Å²) in [4.78, 5) is 13.5. The molecule has 1 aromatic carbocycles. The molecular weight excluding hydrogens is 316 g/mol. The van der Waals surface area contributed by atoms with E-state index in [2.05, 4.69) is 11.9 Å². The van der Waals surface area contributed by atoms with E-state index in [0.717, 1.165) is 25.9 Å². The molecule has 1 N–H and O–H groups in total. The molecule has 0 bridgehead atoms. The van der Waals surface area contributed by atoms with E-state index in [1.807, 2.05) is 0 Å². The first-order chi connectivity index (χ1) is 10.7. The predicted molar refractivity (Wildman–Crippen MR) is 88.2 cm³/mol. The fourth-order valence-corrected chi connectivity index (χ4v) is 4.49. The van der Waals surface area contributed by atoms with Crippen molar-refractivity contribution in [1.29, 1.82) is 0 Å². The van der Waals surface area contributed by atoms with Crippen molar-refractivity contribution in [2.24, 2.45) is 5.92 Å². The monoisotopic (exact) mass is 340 g/mol. The van der Waals surface area contributed by atoms with Crippen molar-refractivity contribution < 1.29 is 18.3 Å². The van der Waals surface area contributed by atoms with Gasteiger partial charge in [-0.2, -0.15) is 0 Å². The quantitative estimate of drug-likeness (QED) is 0.882. The van der Waals surface area contributed by atoms with Gasteiger partial charge in [0.2, 0.25) is 10.0 Å². The van der Waals surface area contributed by atoms with Gasteiger partial charge in [-0.1, -0.05) is 6.07 Å². The van der Waals surface area contributed by atoms with E-state index in [1.165, 1.54) is 22.5 Å². The molecule has 1 aromatic rings. The normalized spacial score (nSPS) is 17.6. The summed E-state index contributed by atoms with van der Waals surface area (Å²) in [5, 5.41) is 9.17. The summed E-state index contributed by atoms with van der Waals surface area (Å²) >= 11 is 0. The van der Waals surface area contributed by atoms with Gasteiger partial charge >= 0.3 is 5.97 Å². The Kier molecular flexibility index (Phi) is 5.44. The number of benzene rings is 1. The van der Waals surface area contributed by atoms with Crippen molar-refractivity contribution >= 4 is 16.0 Å². The fraction of sp³-hybridized carbons (Fsp3) is 0.562. The van der Waals surface area contributed by atoms with Crippen LogP contribution >= 0.6 is 0 Å². The Morgan fingerprint density at radius 2 is 1.96 bits per heavy atom. The lowest BCUT2D eigenvalue weighted by Gasteiger charge is -2.31. The molecule has 0 saturated carbocycles. The second-order valence-electron chi connectivity index (χ2n) is 6.27. The summed E-state index contributed by atoms with van der Waals surface area (Å²) in [6.07, 6.45) is 1.95. The molecule has 1 aliphatic heterocycles. The molecule has 0 spiro atoms. The zero-order chi connectivity index (χ0) is 17.2. The maximum atomic E-state index is 12.8. The van der Waals surface area contributed by atoms with Crippen LogP contribution in [0, 0.1) is 12.8 Å². The highest BCUT2D eigenvalue weighted by Crippen LogP contribution is 2.24. The van der Waals surface area contributed by atoms with Crippen LogP contribution in [0.15, 0.2) is 23.1 Å². The zero-order valence-corrected chi connectivity index (χ0v) is 14.6. The van der Waals surface area contributed by atoms with Crippen LogP contribution in [0.2, 0.25) is 0 Å². The second-order valence-corrected chi connectivity index (χ2v) is 8.28. The minimum absolute atomic E-state index is 0.0266. The van der Waals surface area contributed by atoms with Gasteiger partial charge in [-0.15, -0.1) is 0 Å². The first-order valence-electron chi connectivity index (χ1n) is 7.71. The van der Waals surface area contributed by atoms with Gasteiger partial charge in [0.25, 0.3) is 0 Å². The van der Waals surface area contributed by atoms with Crippen LogP contribution in [-0.4, -0.2) is 62.4 Å². The second kappa shape index (κ2) is 6.98. The lowest BCUT2D eigenvalue weighted by Crippen LogP contribution is -2.38. The minimum Gasteiger partial charge on any atom is -0.478 e. The van der Waals surface area contributed by atoms with Crippen molar-refractivity contribution in [3.05, 3.63) is 29.3 Å². The first kappa shape index (κ1) is 17.9. The molecule has 1 saturated heterocycles. The predicted octanol–water partition coefficient (Wildman–Crippen LogP) is 1.66. The van der Waals surface area contributed by atoms with Crippen molar-refractivity contribution in [3.63, 3.8) is 0 Å². The Morgan fingerprint density at radius 3 is 2.52 bits per heavy atom. The Morgan fingerprint density at radius 1 is 1.35 bits per heavy atom. The van der Waals surface area contributed by atoms with Crippen LogP contribution in [0.25, 0.3) is 0 Å². The number of piperidine rings is 1. The number of hydrogen-bond donors (Lipinski definition) is 1. The molecule has 1 aliphatic rings. The highest BCUT2D eigenvalue weighted by Gasteiger charge is 2.28. The molecule has 7 heteroatoms. The van der Waals surface area contributed by atoms with E-state index in [0.29, 0.717) is 12.5 Å². The van der Waals surface area contributed by atoms with E-state index in [4.69, 9.17) is 5.11 Å². The number of carboxylic acids is 1. The number of carbonyl (C=O) groups is 1. The summed E-state index contributed by atoms with van der Waals surface area (Å²) in [6, 6.07) is 4.38. The van der Waals surface area contributed by atoms with Crippen molar-refractivity contribution in [2.75, 3.05) is 33.7 Å². The Hall–Kier alpha value is -1.44. The largest absolute Gasteiger partial charge is 0.478 e. The molecule has 23 heavy (non-hydrogen) atoms. The van der Waals surface area contributed by atoms with E-state index in [-0.39, 0.29) is 16.0 Å². The Bertz CT molecular complexity index is 679. The Balaban J connectivity index is 2.21. The van der Waals surface area contributed by atoms with Crippen LogP contribution in [0.3, 0.4) is 0 Å². The van der Waals surface area contributed by atoms with Crippen molar-refractivity contribution in [3.8, 4) is 0 Å². The molecule has 2 rings (SSSR count). The van der Waals surface area contributed by atoms with E-state index >= 15 is 0 Å². The van der Waals surface area contributed by atoms with E-state index in [1.54, 1.807) is 14.0 Å². The molecule has 6 nitrogen and oxygen atoms in total. The zero-order valence-electron chi connectivity index (χ0n) is 13.8. The van der Waals surface area contributed by atoms with E-state index in [9.17, 15) is 13.2 Å². The SMILES string of the molecule is Cc1c(C(=O)O)cccc1S(=O)(=O)N(C)CC1CCN(C)CC1. The fourth-order valence-electron chi connectivity index (χ4n) is 3.00. The number of likely N-dealkylation sites (tertiary alicyclic amines) is 1. The molecule has 0 amide bonds. The molecular formula is C16H24N2O4S. The molecule has 0 aromatic heterocycles. The average molecular weight is 340 g/mol. The summed E-state index contributed by atoms with van der Waals surface area (Å²) < 4.78 is 26.9. The van der Waals surface area contributed by atoms with Crippen LogP contribution in [0.5, 0.6) is 0 Å². The standard InChI is InChI=1S/C16H24N2O4S/c1-12-14(16(19)20)5-4-6-15(12)23(21,22)18(3)11-13-7-9-17(2)10-8-13/h4-6,13H,7-11H2,1-3H3,(H,19,20). The first-order valence-corrected chi connectivity index (χ1v) is 9.15. The van der Waals surface area contributed by atoms with Crippen LogP contribution in [0.1, 0.15) is 28.8 Å². The topological polar surface area (TPSA) is 77.9 Å². The maximum absolute atomic E-state index is 12.8. The molecule has 0 unspecified atom stereocenters. The van der Waals surface area contributed by atoms with Gasteiger partial charge in [0.1, 0.15) is 0 Å². The maximum Gasteiger partial charge on any atom is 0.335 e. The summed E-state index contributed by atoms with van der Waals surface area (Å²) in [6.45, 7) is 3.96. The number of rotatable bonds is 5. The van der Waals surface area contributed by atoms with Crippen LogP contribution in [0.4, 0.5) is 0 Å². The lowest BCUT2D eigenvalue weighted by atomic mass is 9.97. The van der Waals surface area contributed by atoms with Gasteiger partial charge < -0.3 is 10.0 Å². The molecule has 1 fully saturated rings. The smallest absolute Gasteiger partial charge is 0.335 e. The Labute approximate surface area is 137 Å². The van der Waals surface area contributed by atoms with E-state index < -0.39 is 16.0 Å². The molecule has 0 atom stereocenters. The number of aromatic carboxylic acids is 1. The number of hydrogen-bond acceptors (Lipinski definition) is 4. The van der Waals surface area contributed by atoms with Gasteiger partial charge in [0.15, 0.2) is 0 Å². The molecule has 0 radical (unpaired) electrons. The molecule has 1 heterocycles. The lowest BCUT2D eigenvalue weighted by molar-refractivity contribution is 0.0696. The van der Waals surface area contributed by atoms with Gasteiger partial charge in [0, 0.05) is 13.6 Å². The van der Waals surface area contributed by atoms with Crippen molar-refractivity contribution in [1.82, 2.24) is 9.21 Å². The highest BCUT2D eigenvalue weighted by molar-refractivity contribution is 7.89. The van der Waals surface area contributed by atoms with Gasteiger partial charge in [-0.05, 0) is 63.5 Å². The van der Waals surface area contributed by atoms with Gasteiger partial charge in [0.05, 0.1) is 10.5 Å². The van der Waals surface area contributed by atoms with Crippen LogP contribution < -0.4 is 0 Å². The third-order valence-corrected chi connectivity index (χ3v) is 6.52. The number of nitrogens with zero attached hydrogens (tertiary/aromatic N) is 2. The summed E-state index contributed by atoms with van der Waals surface area (Å²) in [5.41, 5.74) is 0.314. The van der Waals surface area contributed by atoms with Gasteiger partial charge in [-0.3, -0.25) is 0 Å². The number of carboxylic acid groups (broad SMARTS) is 1. The summed E-state index contributed by atoms with van der Waals surface area (Å²) in [5.74, 6) is -0.772. The third-order valence-electron chi connectivity index (χ3n) is 4.56. The molecule has 0 aliphatic carbocycles. The molecule has 128 valence electrons. The third kappa shape index (κ3) is 3.91. The number of sulfonamides is 1.